The lowest BCUT2D eigenvalue weighted by Gasteiger charge is -2.23. The fourth-order valence-corrected chi connectivity index (χ4v) is 4.78. The minimum absolute atomic E-state index is 0.239. The number of aromatic nitrogens is 4. The molecule has 1 fully saturated rings. The SMILES string of the molecule is CCCNc1nccc(-c2c(-c3ccc(F)cc3)nc3n2[C@H](CN2CCCC2)CC3)n1. The van der Waals surface area contributed by atoms with Gasteiger partial charge in [-0.15, -0.1) is 0 Å². The minimum Gasteiger partial charge on any atom is -0.354 e. The molecule has 1 aromatic carbocycles. The molecule has 2 aliphatic rings. The zero-order chi connectivity index (χ0) is 21.2. The lowest BCUT2D eigenvalue weighted by Crippen LogP contribution is -2.27. The molecule has 7 heteroatoms. The van der Waals surface area contributed by atoms with Crippen molar-refractivity contribution in [3.8, 4) is 22.6 Å². The van der Waals surface area contributed by atoms with Crippen LogP contribution in [0.15, 0.2) is 36.5 Å². The highest BCUT2D eigenvalue weighted by Gasteiger charge is 2.32. The maximum Gasteiger partial charge on any atom is 0.223 e. The molecular formula is C24H29FN6. The first-order valence-electron chi connectivity index (χ1n) is 11.4. The molecule has 1 saturated heterocycles. The van der Waals surface area contributed by atoms with Gasteiger partial charge in [-0.3, -0.25) is 0 Å². The molecule has 0 amide bonds. The van der Waals surface area contributed by atoms with Gasteiger partial charge in [0.15, 0.2) is 0 Å². The van der Waals surface area contributed by atoms with Crippen LogP contribution in [-0.2, 0) is 6.42 Å². The Hall–Kier alpha value is -2.80. The molecule has 0 saturated carbocycles. The quantitative estimate of drug-likeness (QED) is 0.608. The van der Waals surface area contributed by atoms with E-state index in [1.165, 1.54) is 38.1 Å². The molecule has 0 aliphatic carbocycles. The smallest absolute Gasteiger partial charge is 0.223 e. The van der Waals surface area contributed by atoms with Gasteiger partial charge in [0.05, 0.1) is 17.1 Å². The fourth-order valence-electron chi connectivity index (χ4n) is 4.78. The Morgan fingerprint density at radius 3 is 2.68 bits per heavy atom. The Morgan fingerprint density at radius 2 is 1.90 bits per heavy atom. The predicted octanol–water partition coefficient (Wildman–Crippen LogP) is 4.55. The van der Waals surface area contributed by atoms with Crippen LogP contribution in [0.5, 0.6) is 0 Å². The van der Waals surface area contributed by atoms with Crippen molar-refractivity contribution in [1.82, 2.24) is 24.4 Å². The topological polar surface area (TPSA) is 58.9 Å². The molecule has 2 aromatic heterocycles. The number of fused-ring (bicyclic) bond motifs is 1. The maximum atomic E-state index is 13.6. The molecule has 0 radical (unpaired) electrons. The Kier molecular flexibility index (Phi) is 5.68. The van der Waals surface area contributed by atoms with Crippen molar-refractivity contribution in [2.24, 2.45) is 0 Å². The highest BCUT2D eigenvalue weighted by Crippen LogP contribution is 2.39. The highest BCUT2D eigenvalue weighted by atomic mass is 19.1. The summed E-state index contributed by atoms with van der Waals surface area (Å²) in [5.74, 6) is 1.49. The van der Waals surface area contributed by atoms with E-state index in [1.807, 2.05) is 18.2 Å². The molecule has 0 bridgehead atoms. The molecule has 2 aliphatic heterocycles. The molecule has 4 heterocycles. The minimum atomic E-state index is -0.239. The number of benzene rings is 1. The number of imidazole rings is 1. The first-order valence-corrected chi connectivity index (χ1v) is 11.4. The van der Waals surface area contributed by atoms with Crippen LogP contribution in [0.25, 0.3) is 22.6 Å². The van der Waals surface area contributed by atoms with Crippen LogP contribution in [-0.4, -0.2) is 50.6 Å². The summed E-state index contributed by atoms with van der Waals surface area (Å²) in [5.41, 5.74) is 3.67. The maximum absolute atomic E-state index is 13.6. The van der Waals surface area contributed by atoms with Gasteiger partial charge in [-0.25, -0.2) is 19.3 Å². The van der Waals surface area contributed by atoms with Crippen molar-refractivity contribution in [3.63, 3.8) is 0 Å². The number of hydrogen-bond donors (Lipinski definition) is 1. The van der Waals surface area contributed by atoms with Crippen molar-refractivity contribution in [2.75, 3.05) is 31.5 Å². The summed E-state index contributed by atoms with van der Waals surface area (Å²) in [6.07, 6.45) is 7.44. The summed E-state index contributed by atoms with van der Waals surface area (Å²) < 4.78 is 16.0. The Bertz CT molecular complexity index is 1040. The molecule has 0 unspecified atom stereocenters. The van der Waals surface area contributed by atoms with Crippen molar-refractivity contribution >= 4 is 5.95 Å². The van der Waals surface area contributed by atoms with Gasteiger partial charge in [0.1, 0.15) is 11.6 Å². The van der Waals surface area contributed by atoms with Gasteiger partial charge in [-0.1, -0.05) is 6.92 Å². The van der Waals surface area contributed by atoms with Crippen LogP contribution >= 0.6 is 0 Å². The van der Waals surface area contributed by atoms with Gasteiger partial charge in [0.25, 0.3) is 0 Å². The highest BCUT2D eigenvalue weighted by molar-refractivity contribution is 5.78. The summed E-state index contributed by atoms with van der Waals surface area (Å²) in [6, 6.07) is 8.96. The van der Waals surface area contributed by atoms with E-state index in [0.717, 1.165) is 60.8 Å². The van der Waals surface area contributed by atoms with Crippen molar-refractivity contribution in [1.29, 1.82) is 0 Å². The molecule has 1 atom stereocenters. The second kappa shape index (κ2) is 8.75. The predicted molar refractivity (Wildman–Crippen MR) is 120 cm³/mol. The Labute approximate surface area is 182 Å². The van der Waals surface area contributed by atoms with Crippen LogP contribution in [0.3, 0.4) is 0 Å². The van der Waals surface area contributed by atoms with Crippen LogP contribution < -0.4 is 5.32 Å². The molecule has 5 rings (SSSR count). The third-order valence-corrected chi connectivity index (χ3v) is 6.27. The summed E-state index contributed by atoms with van der Waals surface area (Å²) in [4.78, 5) is 16.8. The van der Waals surface area contributed by atoms with E-state index in [-0.39, 0.29) is 5.82 Å². The third kappa shape index (κ3) is 4.06. The second-order valence-electron chi connectivity index (χ2n) is 8.49. The van der Waals surface area contributed by atoms with E-state index in [2.05, 4.69) is 26.7 Å². The average molecular weight is 421 g/mol. The summed E-state index contributed by atoms with van der Waals surface area (Å²) in [5, 5.41) is 3.29. The standard InChI is InChI=1S/C24H29FN6/c1-2-12-26-24-27-13-11-20(28-24)23-22(17-5-7-18(25)8-6-17)29-21-10-9-19(31(21)23)16-30-14-3-4-15-30/h5-8,11,13,19H,2-4,9-10,12,14-16H2,1H3,(H,26,27,28)/t19-/m0/s1. The van der Waals surface area contributed by atoms with Gasteiger partial charge in [-0.05, 0) is 69.1 Å². The van der Waals surface area contributed by atoms with Crippen LogP contribution in [0.4, 0.5) is 10.3 Å². The first kappa shape index (κ1) is 20.1. The molecule has 31 heavy (non-hydrogen) atoms. The van der Waals surface area contributed by atoms with Gasteiger partial charge >= 0.3 is 0 Å². The van der Waals surface area contributed by atoms with Gasteiger partial charge in [0, 0.05) is 37.3 Å². The zero-order valence-electron chi connectivity index (χ0n) is 18.0. The normalized spacial score (nSPS) is 18.5. The number of likely N-dealkylation sites (tertiary alicyclic amines) is 1. The van der Waals surface area contributed by atoms with E-state index < -0.39 is 0 Å². The zero-order valence-corrected chi connectivity index (χ0v) is 18.0. The fraction of sp³-hybridized carbons (Fsp3) is 0.458. The number of nitrogens with one attached hydrogen (secondary N) is 1. The molecular weight excluding hydrogens is 391 g/mol. The van der Waals surface area contributed by atoms with Crippen LogP contribution in [0.2, 0.25) is 0 Å². The Balaban J connectivity index is 1.59. The third-order valence-electron chi connectivity index (χ3n) is 6.27. The second-order valence-corrected chi connectivity index (χ2v) is 8.49. The number of rotatable bonds is 7. The van der Waals surface area contributed by atoms with E-state index in [4.69, 9.17) is 9.97 Å². The first-order chi connectivity index (χ1) is 15.2. The van der Waals surface area contributed by atoms with Crippen molar-refractivity contribution in [2.45, 2.75) is 45.1 Å². The van der Waals surface area contributed by atoms with Gasteiger partial charge < -0.3 is 14.8 Å². The number of halogens is 1. The Morgan fingerprint density at radius 1 is 1.10 bits per heavy atom. The number of aryl methyl sites for hydroxylation is 1. The van der Waals surface area contributed by atoms with Crippen molar-refractivity contribution in [3.05, 3.63) is 48.2 Å². The molecule has 6 nitrogen and oxygen atoms in total. The van der Waals surface area contributed by atoms with Gasteiger partial charge in [0.2, 0.25) is 5.95 Å². The van der Waals surface area contributed by atoms with Crippen LogP contribution in [0.1, 0.15) is 44.5 Å². The van der Waals surface area contributed by atoms with Crippen LogP contribution in [0, 0.1) is 5.82 Å². The van der Waals surface area contributed by atoms with E-state index in [0.29, 0.717) is 12.0 Å². The van der Waals surface area contributed by atoms with E-state index in [9.17, 15) is 4.39 Å². The molecule has 0 spiro atoms. The number of hydrogen-bond acceptors (Lipinski definition) is 5. The largest absolute Gasteiger partial charge is 0.354 e. The monoisotopic (exact) mass is 420 g/mol. The van der Waals surface area contributed by atoms with E-state index >= 15 is 0 Å². The lowest BCUT2D eigenvalue weighted by molar-refractivity contribution is 0.283. The summed E-state index contributed by atoms with van der Waals surface area (Å²) in [6.45, 7) is 6.36. The number of nitrogens with zero attached hydrogens (tertiary/aromatic N) is 5. The molecule has 3 aromatic rings. The average Bonchev–Trinajstić information content (AvgIpc) is 3.51. The summed E-state index contributed by atoms with van der Waals surface area (Å²) in [7, 11) is 0. The lowest BCUT2D eigenvalue weighted by atomic mass is 10.1. The van der Waals surface area contributed by atoms with Crippen molar-refractivity contribution < 1.29 is 4.39 Å². The number of anilines is 1. The van der Waals surface area contributed by atoms with Gasteiger partial charge in [-0.2, -0.15) is 0 Å². The molecule has 162 valence electrons. The van der Waals surface area contributed by atoms with E-state index in [1.54, 1.807) is 6.20 Å². The molecule has 1 N–H and O–H groups in total. The summed E-state index contributed by atoms with van der Waals surface area (Å²) >= 11 is 0.